The molecule has 0 N–H and O–H groups in total. The van der Waals surface area contributed by atoms with Crippen molar-refractivity contribution in [2.24, 2.45) is 5.41 Å². The molecular weight excluding hydrogens is 238 g/mol. The van der Waals surface area contributed by atoms with Crippen molar-refractivity contribution in [1.29, 1.82) is 0 Å². The number of amides is 2. The first-order valence-corrected chi connectivity index (χ1v) is 7.10. The lowest BCUT2D eigenvalue weighted by Crippen LogP contribution is -2.36. The first-order valence-electron chi connectivity index (χ1n) is 7.10. The predicted molar refractivity (Wildman–Crippen MR) is 72.1 cm³/mol. The van der Waals surface area contributed by atoms with Gasteiger partial charge in [0.2, 0.25) is 11.8 Å². The van der Waals surface area contributed by atoms with Gasteiger partial charge in [0.1, 0.15) is 0 Å². The third kappa shape index (κ3) is 2.18. The lowest BCUT2D eigenvalue weighted by Gasteiger charge is -2.30. The smallest absolute Gasteiger partial charge is 0.236 e. The molecule has 19 heavy (non-hydrogen) atoms. The predicted octanol–water partition coefficient (Wildman–Crippen LogP) is 2.90. The number of rotatable bonds is 2. The maximum atomic E-state index is 12.6. The molecule has 1 aromatic carbocycles. The second-order valence-electron chi connectivity index (χ2n) is 5.79. The van der Waals surface area contributed by atoms with Gasteiger partial charge in [-0.15, -0.1) is 0 Å². The molecule has 0 bridgehead atoms. The summed E-state index contributed by atoms with van der Waals surface area (Å²) in [5.74, 6) is 0.0804. The molecule has 100 valence electrons. The number of hydrogen-bond acceptors (Lipinski definition) is 2. The van der Waals surface area contributed by atoms with Gasteiger partial charge < -0.3 is 0 Å². The minimum Gasteiger partial charge on any atom is -0.278 e. The third-order valence-corrected chi connectivity index (χ3v) is 4.48. The Morgan fingerprint density at radius 1 is 1.00 bits per heavy atom. The van der Waals surface area contributed by atoms with Gasteiger partial charge >= 0.3 is 0 Å². The van der Waals surface area contributed by atoms with Crippen LogP contribution < -0.4 is 0 Å². The van der Waals surface area contributed by atoms with Crippen LogP contribution in [0.15, 0.2) is 30.3 Å². The maximum absolute atomic E-state index is 12.6. The van der Waals surface area contributed by atoms with Crippen molar-refractivity contribution in [3.8, 4) is 0 Å². The molecule has 2 aliphatic rings. The van der Waals surface area contributed by atoms with E-state index in [1.54, 1.807) is 0 Å². The summed E-state index contributed by atoms with van der Waals surface area (Å²) in [5.41, 5.74) is 0.668. The van der Waals surface area contributed by atoms with Crippen molar-refractivity contribution < 1.29 is 9.59 Å². The van der Waals surface area contributed by atoms with E-state index in [0.29, 0.717) is 13.0 Å². The van der Waals surface area contributed by atoms with E-state index < -0.39 is 0 Å². The lowest BCUT2D eigenvalue weighted by molar-refractivity contribution is -0.142. The van der Waals surface area contributed by atoms with Crippen LogP contribution in [0, 0.1) is 5.41 Å². The maximum Gasteiger partial charge on any atom is 0.236 e. The van der Waals surface area contributed by atoms with Crippen LogP contribution in [0.5, 0.6) is 0 Å². The summed E-state index contributed by atoms with van der Waals surface area (Å²) in [6.07, 6.45) is 5.57. The molecule has 0 aromatic heterocycles. The van der Waals surface area contributed by atoms with Gasteiger partial charge in [-0.2, -0.15) is 0 Å². The van der Waals surface area contributed by atoms with Crippen LogP contribution in [0.2, 0.25) is 0 Å². The van der Waals surface area contributed by atoms with E-state index in [9.17, 15) is 9.59 Å². The molecule has 1 aliphatic carbocycles. The van der Waals surface area contributed by atoms with E-state index in [0.717, 1.165) is 31.2 Å². The number of hydrogen-bond donors (Lipinski definition) is 0. The van der Waals surface area contributed by atoms with Gasteiger partial charge in [0.15, 0.2) is 0 Å². The Hall–Kier alpha value is -1.64. The van der Waals surface area contributed by atoms with Crippen LogP contribution in [0.1, 0.15) is 44.1 Å². The van der Waals surface area contributed by atoms with Crippen LogP contribution in [-0.2, 0) is 16.1 Å². The van der Waals surface area contributed by atoms with Gasteiger partial charge in [0.05, 0.1) is 12.0 Å². The van der Waals surface area contributed by atoms with E-state index in [4.69, 9.17) is 0 Å². The number of benzene rings is 1. The number of imide groups is 1. The summed E-state index contributed by atoms with van der Waals surface area (Å²) >= 11 is 0. The van der Waals surface area contributed by atoms with Crippen LogP contribution in [0.4, 0.5) is 0 Å². The highest BCUT2D eigenvalue weighted by Crippen LogP contribution is 2.45. The van der Waals surface area contributed by atoms with Crippen molar-refractivity contribution in [3.05, 3.63) is 35.9 Å². The van der Waals surface area contributed by atoms with E-state index in [-0.39, 0.29) is 17.2 Å². The number of nitrogens with zero attached hydrogens (tertiary/aromatic N) is 1. The van der Waals surface area contributed by atoms with Crippen LogP contribution in [0.25, 0.3) is 0 Å². The molecule has 3 rings (SSSR count). The van der Waals surface area contributed by atoms with Gasteiger partial charge in [0.25, 0.3) is 0 Å². The molecule has 1 saturated carbocycles. The second-order valence-corrected chi connectivity index (χ2v) is 5.79. The van der Waals surface area contributed by atoms with Crippen molar-refractivity contribution in [1.82, 2.24) is 4.90 Å². The third-order valence-electron chi connectivity index (χ3n) is 4.48. The highest BCUT2D eigenvalue weighted by Gasteiger charge is 2.51. The van der Waals surface area contributed by atoms with Gasteiger partial charge in [-0.3, -0.25) is 14.5 Å². The van der Waals surface area contributed by atoms with E-state index in [1.165, 1.54) is 11.3 Å². The zero-order valence-corrected chi connectivity index (χ0v) is 11.1. The molecule has 0 atom stereocenters. The minimum absolute atomic E-state index is 0.00996. The molecule has 1 saturated heterocycles. The van der Waals surface area contributed by atoms with E-state index in [1.807, 2.05) is 30.3 Å². The summed E-state index contributed by atoms with van der Waals surface area (Å²) in [5, 5.41) is 0. The van der Waals surface area contributed by atoms with Crippen LogP contribution in [-0.4, -0.2) is 16.7 Å². The quantitative estimate of drug-likeness (QED) is 0.764. The summed E-state index contributed by atoms with van der Waals surface area (Å²) in [7, 11) is 0. The zero-order valence-electron chi connectivity index (χ0n) is 11.1. The molecule has 1 aliphatic heterocycles. The first-order chi connectivity index (χ1) is 9.21. The Balaban J connectivity index is 1.79. The highest BCUT2D eigenvalue weighted by atomic mass is 16.2. The number of carbonyl (C=O) groups excluding carboxylic acids is 2. The molecular formula is C16H19NO2. The SMILES string of the molecule is O=C1CC2(CCCCC2)C(=O)N1Cc1ccccc1. The monoisotopic (exact) mass is 257 g/mol. The molecule has 2 fully saturated rings. The Kier molecular flexibility index (Phi) is 3.13. The first kappa shape index (κ1) is 12.4. The van der Waals surface area contributed by atoms with E-state index in [2.05, 4.69) is 0 Å². The molecule has 3 heteroatoms. The fourth-order valence-electron chi connectivity index (χ4n) is 3.41. The molecule has 2 amide bonds. The zero-order chi connectivity index (χ0) is 13.3. The standard InChI is InChI=1S/C16H19NO2/c18-14-11-16(9-5-2-6-10-16)15(19)17(14)12-13-7-3-1-4-8-13/h1,3-4,7-8H,2,5-6,9-12H2. The van der Waals surface area contributed by atoms with E-state index >= 15 is 0 Å². The minimum atomic E-state index is -0.357. The molecule has 0 unspecified atom stereocenters. The summed E-state index contributed by atoms with van der Waals surface area (Å²) < 4.78 is 0. The Morgan fingerprint density at radius 3 is 2.37 bits per heavy atom. The van der Waals surface area contributed by atoms with Crippen molar-refractivity contribution in [3.63, 3.8) is 0 Å². The average molecular weight is 257 g/mol. The van der Waals surface area contributed by atoms with Crippen molar-refractivity contribution in [2.75, 3.05) is 0 Å². The topological polar surface area (TPSA) is 37.4 Å². The van der Waals surface area contributed by atoms with Gasteiger partial charge in [-0.05, 0) is 18.4 Å². The van der Waals surface area contributed by atoms with Crippen molar-refractivity contribution in [2.45, 2.75) is 45.1 Å². The molecule has 1 aromatic rings. The molecule has 1 heterocycles. The van der Waals surface area contributed by atoms with Crippen LogP contribution in [0.3, 0.4) is 0 Å². The van der Waals surface area contributed by atoms with Crippen molar-refractivity contribution >= 4 is 11.8 Å². The van der Waals surface area contributed by atoms with Gasteiger partial charge in [0, 0.05) is 6.42 Å². The lowest BCUT2D eigenvalue weighted by atomic mass is 9.73. The molecule has 0 radical (unpaired) electrons. The summed E-state index contributed by atoms with van der Waals surface area (Å²) in [6.45, 7) is 0.431. The summed E-state index contributed by atoms with van der Waals surface area (Å²) in [4.78, 5) is 26.2. The highest BCUT2D eigenvalue weighted by molar-refractivity contribution is 6.05. The Bertz CT molecular complexity index is 489. The second kappa shape index (κ2) is 4.80. The van der Waals surface area contributed by atoms with Gasteiger partial charge in [-0.25, -0.2) is 0 Å². The van der Waals surface area contributed by atoms with Crippen LogP contribution >= 0.6 is 0 Å². The van der Waals surface area contributed by atoms with Gasteiger partial charge in [-0.1, -0.05) is 49.6 Å². The fourth-order valence-corrected chi connectivity index (χ4v) is 3.41. The molecule has 1 spiro atoms. The number of carbonyl (C=O) groups is 2. The molecule has 3 nitrogen and oxygen atoms in total. The fraction of sp³-hybridized carbons (Fsp3) is 0.500. The normalized spacial score (nSPS) is 22.2. The Morgan fingerprint density at radius 2 is 1.68 bits per heavy atom. The summed E-state index contributed by atoms with van der Waals surface area (Å²) in [6, 6.07) is 9.76. The largest absolute Gasteiger partial charge is 0.278 e. The average Bonchev–Trinajstić information content (AvgIpc) is 2.66. The number of likely N-dealkylation sites (tertiary alicyclic amines) is 1. The Labute approximate surface area is 113 Å².